The Morgan fingerprint density at radius 3 is 2.25 bits per heavy atom. The maximum atomic E-state index is 12.4. The molecular weight excluding hydrogens is 416 g/mol. The number of fused-ring (bicyclic) bond motifs is 1. The highest BCUT2D eigenvalue weighted by Crippen LogP contribution is 2.36. The maximum Gasteiger partial charge on any atom is 0.505 e. The maximum absolute atomic E-state index is 12.4. The van der Waals surface area contributed by atoms with Crippen LogP contribution >= 0.6 is 0 Å². The molecule has 8 heteroatoms. The third-order valence-electron chi connectivity index (χ3n) is 5.23. The van der Waals surface area contributed by atoms with E-state index in [0.29, 0.717) is 37.7 Å². The number of hydrogen-bond donors (Lipinski definition) is 4. The Labute approximate surface area is 193 Å². The molecule has 1 aliphatic rings. The van der Waals surface area contributed by atoms with Crippen molar-refractivity contribution in [1.29, 1.82) is 0 Å². The fraction of sp³-hybridized carbons (Fsp3) is 0.625. The summed E-state index contributed by atoms with van der Waals surface area (Å²) in [5.74, 6) is -0.619. The molecule has 2 rings (SSSR count). The van der Waals surface area contributed by atoms with E-state index < -0.39 is 12.1 Å². The first-order chi connectivity index (χ1) is 15.2. The number of aliphatic hydroxyl groups is 2. The molecule has 8 nitrogen and oxygen atoms in total. The fourth-order valence-electron chi connectivity index (χ4n) is 3.85. The highest BCUT2D eigenvalue weighted by atomic mass is 16.6. The van der Waals surface area contributed by atoms with Gasteiger partial charge < -0.3 is 25.2 Å². The molecule has 3 unspecified atom stereocenters. The standard InChI is InChI=1S/C19H26O5.C3H8.C2H4O3.2H2/c1-2-16(22)15(11-21)13(6-7-20)8-12-9-14-4-3-5-17(23)19(14)18(24)10-12;1-3-2;1-5-2(3)4;;/h3-5,12-13,15,20-21,23H,2,6-11H2,1H3;3H2,1-2H3;1H3,(H,3,4);2*1H. The van der Waals surface area contributed by atoms with Crippen LogP contribution in [-0.2, 0) is 16.0 Å². The molecule has 3 atom stereocenters. The van der Waals surface area contributed by atoms with E-state index in [9.17, 15) is 24.9 Å². The summed E-state index contributed by atoms with van der Waals surface area (Å²) < 4.78 is 3.67. The number of hydrogen-bond acceptors (Lipinski definition) is 7. The van der Waals surface area contributed by atoms with Crippen LogP contribution in [0.5, 0.6) is 5.75 Å². The monoisotopic (exact) mass is 458 g/mol. The Balaban J connectivity index is -0.000000838. The van der Waals surface area contributed by atoms with Gasteiger partial charge in [0.05, 0.1) is 19.3 Å². The number of phenolic OH excluding ortho intramolecular Hbond substituents is 1. The molecule has 4 N–H and O–H groups in total. The van der Waals surface area contributed by atoms with Gasteiger partial charge in [0.25, 0.3) is 0 Å². The zero-order valence-corrected chi connectivity index (χ0v) is 19.5. The fourth-order valence-corrected chi connectivity index (χ4v) is 3.85. The van der Waals surface area contributed by atoms with Crippen molar-refractivity contribution in [2.75, 3.05) is 20.3 Å². The number of benzene rings is 1. The van der Waals surface area contributed by atoms with E-state index in [4.69, 9.17) is 9.90 Å². The summed E-state index contributed by atoms with van der Waals surface area (Å²) in [6.07, 6.45) is 2.39. The molecule has 0 heterocycles. The molecule has 1 aromatic carbocycles. The zero-order valence-electron chi connectivity index (χ0n) is 19.5. The zero-order chi connectivity index (χ0) is 24.7. The van der Waals surface area contributed by atoms with Crippen LogP contribution in [0.4, 0.5) is 4.79 Å². The number of carboxylic acid groups (broad SMARTS) is 1. The van der Waals surface area contributed by atoms with Crippen LogP contribution in [0.1, 0.15) is 71.7 Å². The largest absolute Gasteiger partial charge is 0.507 e. The van der Waals surface area contributed by atoms with Gasteiger partial charge in [0.15, 0.2) is 5.78 Å². The van der Waals surface area contributed by atoms with Gasteiger partial charge in [-0.25, -0.2) is 4.79 Å². The molecular formula is C24H42O8. The number of Topliss-reactive ketones (excluding diaryl/α,β-unsaturated/α-hetero) is 2. The lowest BCUT2D eigenvalue weighted by Gasteiger charge is -2.30. The Morgan fingerprint density at radius 2 is 1.78 bits per heavy atom. The smallest absolute Gasteiger partial charge is 0.505 e. The Hall–Kier alpha value is -2.45. The number of aromatic hydroxyl groups is 1. The van der Waals surface area contributed by atoms with Gasteiger partial charge in [-0.2, -0.15) is 0 Å². The highest BCUT2D eigenvalue weighted by molar-refractivity contribution is 6.01. The molecule has 0 radical (unpaired) electrons. The van der Waals surface area contributed by atoms with Gasteiger partial charge in [-0.15, -0.1) is 0 Å². The molecule has 0 fully saturated rings. The van der Waals surface area contributed by atoms with Gasteiger partial charge in [0, 0.05) is 28.2 Å². The van der Waals surface area contributed by atoms with Crippen molar-refractivity contribution in [3.63, 3.8) is 0 Å². The second kappa shape index (κ2) is 16.2. The van der Waals surface area contributed by atoms with Gasteiger partial charge in [0.1, 0.15) is 11.5 Å². The summed E-state index contributed by atoms with van der Waals surface area (Å²) in [6.45, 7) is 5.75. The molecule has 0 saturated heterocycles. The van der Waals surface area contributed by atoms with Gasteiger partial charge >= 0.3 is 6.16 Å². The van der Waals surface area contributed by atoms with Crippen LogP contribution in [-0.4, -0.2) is 58.5 Å². The van der Waals surface area contributed by atoms with Crippen LogP contribution in [0, 0.1) is 17.8 Å². The van der Waals surface area contributed by atoms with Crippen molar-refractivity contribution in [2.24, 2.45) is 17.8 Å². The minimum Gasteiger partial charge on any atom is -0.507 e. The lowest BCUT2D eigenvalue weighted by Crippen LogP contribution is -2.31. The Bertz CT molecular complexity index is 727. The topological polar surface area (TPSA) is 141 Å². The first-order valence-electron chi connectivity index (χ1n) is 11.1. The predicted octanol–water partition coefficient (Wildman–Crippen LogP) is 4.33. The highest BCUT2D eigenvalue weighted by Gasteiger charge is 2.33. The van der Waals surface area contributed by atoms with E-state index in [0.717, 1.165) is 12.7 Å². The molecule has 1 aliphatic carbocycles. The summed E-state index contributed by atoms with van der Waals surface area (Å²) in [5.41, 5.74) is 1.25. The molecule has 0 amide bonds. The molecule has 1 aromatic rings. The second-order valence-electron chi connectivity index (χ2n) is 7.80. The molecule has 0 aliphatic heterocycles. The summed E-state index contributed by atoms with van der Waals surface area (Å²) in [5, 5.41) is 36.3. The predicted molar refractivity (Wildman–Crippen MR) is 125 cm³/mol. The van der Waals surface area contributed by atoms with Gasteiger partial charge in [0.2, 0.25) is 0 Å². The van der Waals surface area contributed by atoms with E-state index in [1.165, 1.54) is 12.5 Å². The van der Waals surface area contributed by atoms with Crippen LogP contribution in [0.25, 0.3) is 0 Å². The van der Waals surface area contributed by atoms with Crippen molar-refractivity contribution >= 4 is 17.7 Å². The van der Waals surface area contributed by atoms with Crippen molar-refractivity contribution < 1.29 is 42.4 Å². The van der Waals surface area contributed by atoms with Gasteiger partial charge in [-0.05, 0) is 42.7 Å². The number of aliphatic hydroxyl groups excluding tert-OH is 2. The Kier molecular flexibility index (Phi) is 15.0. The van der Waals surface area contributed by atoms with Crippen LogP contribution < -0.4 is 0 Å². The minimum absolute atomic E-state index is 0. The number of ketones is 2. The van der Waals surface area contributed by atoms with E-state index in [1.54, 1.807) is 13.0 Å². The quantitative estimate of drug-likeness (QED) is 0.422. The van der Waals surface area contributed by atoms with E-state index in [2.05, 4.69) is 18.6 Å². The SMILES string of the molecule is CCC.CCC(=O)C(CO)C(CCO)CC1CC(=O)c2c(O)cccc2C1.COC(=O)O.[HH].[HH]. The molecule has 0 spiro atoms. The summed E-state index contributed by atoms with van der Waals surface area (Å²) in [7, 11) is 1.10. The Morgan fingerprint density at radius 1 is 1.19 bits per heavy atom. The minimum atomic E-state index is -1.25. The van der Waals surface area contributed by atoms with Crippen molar-refractivity contribution in [1.82, 2.24) is 0 Å². The van der Waals surface area contributed by atoms with Gasteiger partial charge in [-0.1, -0.05) is 39.3 Å². The molecule has 32 heavy (non-hydrogen) atoms. The molecule has 186 valence electrons. The second-order valence-corrected chi connectivity index (χ2v) is 7.80. The summed E-state index contributed by atoms with van der Waals surface area (Å²) in [4.78, 5) is 33.6. The first kappa shape index (κ1) is 29.5. The van der Waals surface area contributed by atoms with E-state index in [1.807, 2.05) is 6.07 Å². The average Bonchev–Trinajstić information content (AvgIpc) is 2.75. The first-order valence-corrected chi connectivity index (χ1v) is 11.1. The van der Waals surface area contributed by atoms with Gasteiger partial charge in [-0.3, -0.25) is 9.59 Å². The number of ether oxygens (including phenoxy) is 1. The van der Waals surface area contributed by atoms with E-state index in [-0.39, 0.29) is 45.2 Å². The number of carbonyl (C=O) groups excluding carboxylic acids is 2. The number of phenols is 1. The van der Waals surface area contributed by atoms with Crippen LogP contribution in [0.3, 0.4) is 0 Å². The number of carbonyl (C=O) groups is 3. The van der Waals surface area contributed by atoms with Crippen LogP contribution in [0.15, 0.2) is 18.2 Å². The third-order valence-corrected chi connectivity index (χ3v) is 5.23. The summed E-state index contributed by atoms with van der Waals surface area (Å²) in [6, 6.07) is 5.10. The summed E-state index contributed by atoms with van der Waals surface area (Å²) >= 11 is 0. The third kappa shape index (κ3) is 9.78. The normalized spacial score (nSPS) is 16.3. The number of methoxy groups -OCH3 is 1. The van der Waals surface area contributed by atoms with Crippen LogP contribution in [0.2, 0.25) is 0 Å². The average molecular weight is 459 g/mol. The lowest BCUT2D eigenvalue weighted by molar-refractivity contribution is -0.126. The molecule has 0 bridgehead atoms. The van der Waals surface area contributed by atoms with E-state index >= 15 is 0 Å². The van der Waals surface area contributed by atoms with Crippen molar-refractivity contribution in [2.45, 2.75) is 59.3 Å². The molecule has 0 aromatic heterocycles. The molecule has 0 saturated carbocycles. The van der Waals surface area contributed by atoms with Crippen molar-refractivity contribution in [3.05, 3.63) is 29.3 Å². The lowest BCUT2D eigenvalue weighted by atomic mass is 9.74. The van der Waals surface area contributed by atoms with Crippen molar-refractivity contribution in [3.8, 4) is 5.75 Å². The number of rotatable bonds is 8.